The van der Waals surface area contributed by atoms with Crippen molar-refractivity contribution in [3.05, 3.63) is 48.9 Å². The van der Waals surface area contributed by atoms with Crippen LogP contribution in [0.2, 0.25) is 0 Å². The number of aryl methyl sites for hydroxylation is 1. The Kier molecular flexibility index (Phi) is 1.93. The van der Waals surface area contributed by atoms with Crippen molar-refractivity contribution in [1.82, 2.24) is 19.4 Å². The first-order valence-electron chi connectivity index (χ1n) is 5.04. The number of pyridine rings is 1. The quantitative estimate of drug-likeness (QED) is 0.617. The van der Waals surface area contributed by atoms with Crippen LogP contribution in [0, 0.1) is 6.92 Å². The molecule has 0 amide bonds. The minimum Gasteiger partial charge on any atom is -0.290 e. The molecule has 0 saturated carbocycles. The van der Waals surface area contributed by atoms with Crippen LogP contribution in [0.1, 0.15) is 5.69 Å². The Morgan fingerprint density at radius 3 is 2.94 bits per heavy atom. The summed E-state index contributed by atoms with van der Waals surface area (Å²) in [5.74, 6) is 0. The van der Waals surface area contributed by atoms with Gasteiger partial charge in [0.2, 0.25) is 0 Å². The van der Waals surface area contributed by atoms with E-state index in [1.54, 1.807) is 12.5 Å². The molecule has 0 unspecified atom stereocenters. The van der Waals surface area contributed by atoms with Crippen LogP contribution in [-0.4, -0.2) is 19.4 Å². The van der Waals surface area contributed by atoms with E-state index >= 15 is 0 Å². The molecule has 78 valence electrons. The van der Waals surface area contributed by atoms with Crippen molar-refractivity contribution < 1.29 is 0 Å². The number of fused-ring (bicyclic) bond motifs is 1. The third-order valence-corrected chi connectivity index (χ3v) is 2.46. The zero-order chi connectivity index (χ0) is 11.0. The highest BCUT2D eigenvalue weighted by Crippen LogP contribution is 2.21. The van der Waals surface area contributed by atoms with Gasteiger partial charge in [0.25, 0.3) is 0 Å². The van der Waals surface area contributed by atoms with Gasteiger partial charge in [-0.15, -0.1) is 0 Å². The molecule has 4 heteroatoms. The molecular formula is C12H10N4. The third-order valence-electron chi connectivity index (χ3n) is 2.46. The first-order valence-corrected chi connectivity index (χ1v) is 5.04. The molecular weight excluding hydrogens is 200 g/mol. The summed E-state index contributed by atoms with van der Waals surface area (Å²) in [4.78, 5) is 12.8. The number of rotatable bonds is 1. The van der Waals surface area contributed by atoms with Crippen LogP contribution in [0.15, 0.2) is 43.2 Å². The highest BCUT2D eigenvalue weighted by Gasteiger charge is 2.06. The van der Waals surface area contributed by atoms with E-state index in [9.17, 15) is 0 Å². The summed E-state index contributed by atoms with van der Waals surface area (Å²) in [6.07, 6.45) is 9.12. The topological polar surface area (TPSA) is 43.1 Å². The van der Waals surface area contributed by atoms with Crippen molar-refractivity contribution in [2.75, 3.05) is 0 Å². The Hall–Kier alpha value is -2.23. The summed E-state index contributed by atoms with van der Waals surface area (Å²) in [6, 6.07) is 3.92. The van der Waals surface area contributed by atoms with Gasteiger partial charge in [0.15, 0.2) is 0 Å². The van der Waals surface area contributed by atoms with Crippen molar-refractivity contribution in [2.24, 2.45) is 0 Å². The molecule has 0 N–H and O–H groups in total. The summed E-state index contributed by atoms with van der Waals surface area (Å²) < 4.78 is 1.93. The molecule has 0 bridgehead atoms. The molecule has 0 radical (unpaired) electrons. The minimum atomic E-state index is 0.917. The molecule has 0 aliphatic rings. The maximum Gasteiger partial charge on any atom is 0.147 e. The molecule has 0 aliphatic heterocycles. The fourth-order valence-corrected chi connectivity index (χ4v) is 1.77. The smallest absolute Gasteiger partial charge is 0.147 e. The Bertz CT molecular complexity index is 628. The molecule has 3 heterocycles. The van der Waals surface area contributed by atoms with Crippen molar-refractivity contribution in [2.45, 2.75) is 6.92 Å². The fourth-order valence-electron chi connectivity index (χ4n) is 1.77. The van der Waals surface area contributed by atoms with Crippen molar-refractivity contribution in [3.8, 4) is 11.1 Å². The highest BCUT2D eigenvalue weighted by atomic mass is 15.0. The lowest BCUT2D eigenvalue weighted by molar-refractivity contribution is 1.09. The van der Waals surface area contributed by atoms with E-state index in [4.69, 9.17) is 0 Å². The van der Waals surface area contributed by atoms with Gasteiger partial charge in [0.05, 0.1) is 5.69 Å². The zero-order valence-corrected chi connectivity index (χ0v) is 8.83. The molecule has 0 fully saturated rings. The van der Waals surface area contributed by atoms with E-state index in [2.05, 4.69) is 15.0 Å². The number of aromatic nitrogens is 4. The Morgan fingerprint density at radius 2 is 2.12 bits per heavy atom. The van der Waals surface area contributed by atoms with E-state index in [-0.39, 0.29) is 0 Å². The molecule has 0 saturated heterocycles. The second kappa shape index (κ2) is 3.41. The van der Waals surface area contributed by atoms with E-state index in [1.807, 2.05) is 42.0 Å². The van der Waals surface area contributed by atoms with Gasteiger partial charge in [-0.2, -0.15) is 0 Å². The number of hydrogen-bond acceptors (Lipinski definition) is 3. The third kappa shape index (κ3) is 1.35. The van der Waals surface area contributed by atoms with E-state index in [0.717, 1.165) is 22.5 Å². The van der Waals surface area contributed by atoms with Crippen LogP contribution in [-0.2, 0) is 0 Å². The van der Waals surface area contributed by atoms with Gasteiger partial charge in [0, 0.05) is 35.9 Å². The molecule has 0 spiro atoms. The van der Waals surface area contributed by atoms with Crippen molar-refractivity contribution in [1.29, 1.82) is 0 Å². The molecule has 0 aliphatic carbocycles. The van der Waals surface area contributed by atoms with Gasteiger partial charge >= 0.3 is 0 Å². The van der Waals surface area contributed by atoms with Crippen LogP contribution in [0.4, 0.5) is 0 Å². The standard InChI is InChI=1S/C12H10N4/c1-9-7-16-8-14-6-11(12(16)15-9)10-3-2-4-13-5-10/h2-8H,1H3. The average molecular weight is 210 g/mol. The number of hydrogen-bond donors (Lipinski definition) is 0. The minimum absolute atomic E-state index is 0.917. The van der Waals surface area contributed by atoms with Crippen LogP contribution < -0.4 is 0 Å². The van der Waals surface area contributed by atoms with Gasteiger partial charge < -0.3 is 0 Å². The van der Waals surface area contributed by atoms with Crippen molar-refractivity contribution >= 4 is 5.65 Å². The average Bonchev–Trinajstić information content (AvgIpc) is 2.70. The molecule has 16 heavy (non-hydrogen) atoms. The SMILES string of the molecule is Cc1cn2cncc(-c3cccnc3)c2n1. The summed E-state index contributed by atoms with van der Waals surface area (Å²) in [6.45, 7) is 1.97. The van der Waals surface area contributed by atoms with Gasteiger partial charge in [-0.1, -0.05) is 6.07 Å². The molecule has 3 aromatic heterocycles. The summed E-state index contributed by atoms with van der Waals surface area (Å²) in [5, 5.41) is 0. The summed E-state index contributed by atoms with van der Waals surface area (Å²) in [7, 11) is 0. The summed E-state index contributed by atoms with van der Waals surface area (Å²) in [5.41, 5.74) is 3.94. The number of imidazole rings is 1. The predicted octanol–water partition coefficient (Wildman–Crippen LogP) is 2.10. The molecule has 3 aromatic rings. The second-order valence-corrected chi connectivity index (χ2v) is 3.66. The Morgan fingerprint density at radius 1 is 1.19 bits per heavy atom. The van der Waals surface area contributed by atoms with Crippen LogP contribution >= 0.6 is 0 Å². The van der Waals surface area contributed by atoms with Gasteiger partial charge in [0.1, 0.15) is 12.0 Å². The van der Waals surface area contributed by atoms with E-state index < -0.39 is 0 Å². The first kappa shape index (κ1) is 9.03. The van der Waals surface area contributed by atoms with Gasteiger partial charge in [-0.05, 0) is 13.0 Å². The molecule has 3 rings (SSSR count). The fraction of sp³-hybridized carbons (Fsp3) is 0.0833. The van der Waals surface area contributed by atoms with Gasteiger partial charge in [-0.25, -0.2) is 9.97 Å². The lowest BCUT2D eigenvalue weighted by atomic mass is 10.1. The lowest BCUT2D eigenvalue weighted by Gasteiger charge is -2.01. The van der Waals surface area contributed by atoms with Crippen LogP contribution in [0.3, 0.4) is 0 Å². The Labute approximate surface area is 92.6 Å². The second-order valence-electron chi connectivity index (χ2n) is 3.66. The maximum absolute atomic E-state index is 4.48. The van der Waals surface area contributed by atoms with E-state index in [1.165, 1.54) is 0 Å². The van der Waals surface area contributed by atoms with Crippen LogP contribution in [0.5, 0.6) is 0 Å². The first-order chi connectivity index (χ1) is 7.84. The largest absolute Gasteiger partial charge is 0.290 e. The van der Waals surface area contributed by atoms with E-state index in [0.29, 0.717) is 0 Å². The Balaban J connectivity index is 2.31. The summed E-state index contributed by atoms with van der Waals surface area (Å²) >= 11 is 0. The zero-order valence-electron chi connectivity index (χ0n) is 8.83. The van der Waals surface area contributed by atoms with Crippen molar-refractivity contribution in [3.63, 3.8) is 0 Å². The monoisotopic (exact) mass is 210 g/mol. The predicted molar refractivity (Wildman–Crippen MR) is 61.0 cm³/mol. The normalized spacial score (nSPS) is 10.8. The van der Waals surface area contributed by atoms with Gasteiger partial charge in [-0.3, -0.25) is 9.38 Å². The highest BCUT2D eigenvalue weighted by molar-refractivity contribution is 5.76. The lowest BCUT2D eigenvalue weighted by Crippen LogP contribution is -1.90. The molecule has 4 nitrogen and oxygen atoms in total. The molecule has 0 aromatic carbocycles. The van der Waals surface area contributed by atoms with Crippen LogP contribution in [0.25, 0.3) is 16.8 Å². The maximum atomic E-state index is 4.48. The molecule has 0 atom stereocenters. The number of nitrogens with zero attached hydrogens (tertiary/aromatic N) is 4.